The number of benzene rings is 1. The molecule has 1 amide bonds. The minimum atomic E-state index is -0.448. The maximum absolute atomic E-state index is 12.2. The van der Waals surface area contributed by atoms with Crippen molar-refractivity contribution in [3.8, 4) is 0 Å². The highest BCUT2D eigenvalue weighted by Gasteiger charge is 2.33. The Kier molecular flexibility index (Phi) is 4.95. The van der Waals surface area contributed by atoms with Gasteiger partial charge in [0.05, 0.1) is 7.11 Å². The Hall–Kier alpha value is -1.62. The number of carbonyl (C=O) groups is 2. The fraction of sp³-hybridized carbons (Fsp3) is 0.333. The summed E-state index contributed by atoms with van der Waals surface area (Å²) in [6.45, 7) is 0.596. The molecule has 0 aliphatic carbocycles. The number of halogens is 1. The van der Waals surface area contributed by atoms with E-state index in [4.69, 9.17) is 4.74 Å². The zero-order valence-electron chi connectivity index (χ0n) is 11.2. The number of nitrogens with zero attached hydrogens (tertiary/aromatic N) is 1. The Bertz CT molecular complexity index is 542. The van der Waals surface area contributed by atoms with Gasteiger partial charge < -0.3 is 9.64 Å². The first-order valence-electron chi connectivity index (χ1n) is 6.44. The van der Waals surface area contributed by atoms with Crippen LogP contribution in [0.3, 0.4) is 0 Å². The lowest BCUT2D eigenvalue weighted by Gasteiger charge is -2.20. The average molecular weight is 338 g/mol. The molecule has 1 aromatic rings. The van der Waals surface area contributed by atoms with Gasteiger partial charge in [0.15, 0.2) is 0 Å². The zero-order chi connectivity index (χ0) is 14.5. The number of ether oxygens (including phenoxy) is 1. The Morgan fingerprint density at radius 1 is 1.40 bits per heavy atom. The van der Waals surface area contributed by atoms with Crippen molar-refractivity contribution in [2.24, 2.45) is 0 Å². The van der Waals surface area contributed by atoms with E-state index in [-0.39, 0.29) is 11.9 Å². The molecule has 1 atom stereocenters. The van der Waals surface area contributed by atoms with E-state index in [0.29, 0.717) is 13.0 Å². The number of esters is 1. The lowest BCUT2D eigenvalue weighted by molar-refractivity contribution is -0.149. The predicted octanol–water partition coefficient (Wildman–Crippen LogP) is 2.63. The van der Waals surface area contributed by atoms with Crippen LogP contribution in [0.2, 0.25) is 0 Å². The zero-order valence-corrected chi connectivity index (χ0v) is 12.8. The van der Waals surface area contributed by atoms with E-state index in [1.54, 1.807) is 11.0 Å². The Morgan fingerprint density at radius 3 is 2.85 bits per heavy atom. The Balaban J connectivity index is 2.08. The molecule has 0 spiro atoms. The molecule has 0 unspecified atom stereocenters. The van der Waals surface area contributed by atoms with Crippen molar-refractivity contribution < 1.29 is 14.3 Å². The highest BCUT2D eigenvalue weighted by atomic mass is 79.9. The van der Waals surface area contributed by atoms with Crippen LogP contribution < -0.4 is 0 Å². The van der Waals surface area contributed by atoms with E-state index < -0.39 is 6.04 Å². The van der Waals surface area contributed by atoms with E-state index in [9.17, 15) is 9.59 Å². The molecule has 1 heterocycles. The van der Waals surface area contributed by atoms with Crippen molar-refractivity contribution in [1.29, 1.82) is 0 Å². The van der Waals surface area contributed by atoms with Gasteiger partial charge in [-0.1, -0.05) is 34.1 Å². The first kappa shape index (κ1) is 14.8. The summed E-state index contributed by atoms with van der Waals surface area (Å²) in [6.07, 6.45) is 4.75. The van der Waals surface area contributed by atoms with Gasteiger partial charge in [-0.25, -0.2) is 4.79 Å². The van der Waals surface area contributed by atoms with Gasteiger partial charge >= 0.3 is 5.97 Å². The number of hydrogen-bond acceptors (Lipinski definition) is 3. The molecule has 106 valence electrons. The smallest absolute Gasteiger partial charge is 0.328 e. The van der Waals surface area contributed by atoms with Crippen LogP contribution in [0.5, 0.6) is 0 Å². The quantitative estimate of drug-likeness (QED) is 0.629. The summed E-state index contributed by atoms with van der Waals surface area (Å²) in [6, 6.07) is 7.20. The van der Waals surface area contributed by atoms with Gasteiger partial charge in [0, 0.05) is 17.1 Å². The third kappa shape index (κ3) is 3.28. The molecule has 0 bridgehead atoms. The molecule has 0 radical (unpaired) electrons. The number of methoxy groups -OCH3 is 1. The van der Waals surface area contributed by atoms with Crippen LogP contribution in [0.1, 0.15) is 18.4 Å². The number of hydrogen-bond donors (Lipinski definition) is 0. The second-order valence-electron chi connectivity index (χ2n) is 4.57. The van der Waals surface area contributed by atoms with Crippen LogP contribution in [0.15, 0.2) is 34.8 Å². The van der Waals surface area contributed by atoms with E-state index in [1.165, 1.54) is 13.2 Å². The third-order valence-corrected chi connectivity index (χ3v) is 4.04. The molecule has 1 aromatic carbocycles. The minimum Gasteiger partial charge on any atom is -0.467 e. The summed E-state index contributed by atoms with van der Waals surface area (Å²) in [7, 11) is 1.35. The summed E-state index contributed by atoms with van der Waals surface area (Å²) < 4.78 is 5.66. The highest BCUT2D eigenvalue weighted by Crippen LogP contribution is 2.20. The first-order chi connectivity index (χ1) is 9.63. The Morgan fingerprint density at radius 2 is 2.15 bits per heavy atom. The van der Waals surface area contributed by atoms with Crippen molar-refractivity contribution >= 4 is 33.9 Å². The molecule has 1 aliphatic rings. The van der Waals surface area contributed by atoms with Crippen molar-refractivity contribution in [2.45, 2.75) is 18.9 Å². The lowest BCUT2D eigenvalue weighted by Crippen LogP contribution is -2.40. The average Bonchev–Trinajstić information content (AvgIpc) is 2.94. The van der Waals surface area contributed by atoms with E-state index in [2.05, 4.69) is 15.9 Å². The topological polar surface area (TPSA) is 46.6 Å². The number of amides is 1. The number of carbonyl (C=O) groups excluding carboxylic acids is 2. The number of likely N-dealkylation sites (tertiary alicyclic amines) is 1. The molecule has 0 N–H and O–H groups in total. The fourth-order valence-corrected chi connectivity index (χ4v) is 2.70. The van der Waals surface area contributed by atoms with Gasteiger partial charge in [0.1, 0.15) is 6.04 Å². The molecule has 0 saturated carbocycles. The maximum atomic E-state index is 12.2. The molecule has 5 heteroatoms. The van der Waals surface area contributed by atoms with Gasteiger partial charge in [-0.15, -0.1) is 0 Å². The highest BCUT2D eigenvalue weighted by molar-refractivity contribution is 9.10. The van der Waals surface area contributed by atoms with Crippen molar-refractivity contribution in [3.63, 3.8) is 0 Å². The third-order valence-electron chi connectivity index (χ3n) is 3.32. The molecule has 4 nitrogen and oxygen atoms in total. The van der Waals surface area contributed by atoms with Gasteiger partial charge in [-0.05, 0) is 30.5 Å². The molecule has 1 saturated heterocycles. The summed E-state index contributed by atoms with van der Waals surface area (Å²) in [5.41, 5.74) is 0.926. The van der Waals surface area contributed by atoms with Crippen LogP contribution in [-0.2, 0) is 14.3 Å². The molecule has 2 rings (SSSR count). The predicted molar refractivity (Wildman–Crippen MR) is 79.9 cm³/mol. The van der Waals surface area contributed by atoms with Crippen LogP contribution in [-0.4, -0.2) is 36.5 Å². The molecule has 0 aromatic heterocycles. The second kappa shape index (κ2) is 6.70. The monoisotopic (exact) mass is 337 g/mol. The van der Waals surface area contributed by atoms with Gasteiger partial charge in [0.25, 0.3) is 0 Å². The molecule has 1 fully saturated rings. The minimum absolute atomic E-state index is 0.159. The standard InChI is InChI=1S/C15H16BrNO3/c1-20-15(19)13-7-4-10-17(13)14(18)9-8-11-5-2-3-6-12(11)16/h2-3,5-6,8-9,13H,4,7,10H2,1H3/b9-8+/t13-/m0/s1. The SMILES string of the molecule is COC(=O)[C@@H]1CCCN1C(=O)/C=C/c1ccccc1Br. The first-order valence-corrected chi connectivity index (χ1v) is 7.24. The van der Waals surface area contributed by atoms with Crippen LogP contribution >= 0.6 is 15.9 Å². The van der Waals surface area contributed by atoms with Crippen LogP contribution in [0.25, 0.3) is 6.08 Å². The lowest BCUT2D eigenvalue weighted by atomic mass is 10.2. The molecule has 20 heavy (non-hydrogen) atoms. The molecular formula is C15H16BrNO3. The van der Waals surface area contributed by atoms with Crippen LogP contribution in [0.4, 0.5) is 0 Å². The number of rotatable bonds is 3. The van der Waals surface area contributed by atoms with Crippen molar-refractivity contribution in [2.75, 3.05) is 13.7 Å². The van der Waals surface area contributed by atoms with E-state index in [0.717, 1.165) is 16.5 Å². The fourth-order valence-electron chi connectivity index (χ4n) is 2.28. The largest absolute Gasteiger partial charge is 0.467 e. The summed E-state index contributed by atoms with van der Waals surface area (Å²) in [4.78, 5) is 25.4. The normalized spacial score (nSPS) is 18.5. The van der Waals surface area contributed by atoms with Gasteiger partial charge in [-0.3, -0.25) is 4.79 Å². The molecule has 1 aliphatic heterocycles. The Labute approximate surface area is 126 Å². The summed E-state index contributed by atoms with van der Waals surface area (Å²) >= 11 is 3.43. The van der Waals surface area contributed by atoms with Gasteiger partial charge in [0.2, 0.25) is 5.91 Å². The molecular weight excluding hydrogens is 322 g/mol. The van der Waals surface area contributed by atoms with Crippen molar-refractivity contribution in [3.05, 3.63) is 40.4 Å². The summed E-state index contributed by atoms with van der Waals surface area (Å²) in [5.74, 6) is -0.501. The second-order valence-corrected chi connectivity index (χ2v) is 5.42. The maximum Gasteiger partial charge on any atom is 0.328 e. The van der Waals surface area contributed by atoms with E-state index in [1.807, 2.05) is 24.3 Å². The summed E-state index contributed by atoms with van der Waals surface area (Å²) in [5, 5.41) is 0. The van der Waals surface area contributed by atoms with E-state index >= 15 is 0 Å². The van der Waals surface area contributed by atoms with Crippen LogP contribution in [0, 0.1) is 0 Å². The van der Waals surface area contributed by atoms with Crippen molar-refractivity contribution in [1.82, 2.24) is 4.90 Å². The van der Waals surface area contributed by atoms with Gasteiger partial charge in [-0.2, -0.15) is 0 Å².